The fraction of sp³-hybridized carbons (Fsp3) is 0.789. The number of aromatic nitrogens is 1. The first kappa shape index (κ1) is 23.6. The Bertz CT molecular complexity index is 558. The lowest BCUT2D eigenvalue weighted by Gasteiger charge is -2.21. The standard InChI is InChI=1S/C19H35N5S.HI/c1-7-20-19(23-17-11-24(14(4)5)10-15(17)6)21-9-8-16-12-25-18(22-16)13(2)3;/h12-15,17H,7-11H2,1-6H3,(H2,20,21,23);1H. The second kappa shape index (κ2) is 11.4. The highest BCUT2D eigenvalue weighted by Crippen LogP contribution is 2.20. The summed E-state index contributed by atoms with van der Waals surface area (Å²) in [6.07, 6.45) is 0.901. The predicted octanol–water partition coefficient (Wildman–Crippen LogP) is 3.71. The van der Waals surface area contributed by atoms with Gasteiger partial charge in [0, 0.05) is 56.0 Å². The maximum absolute atomic E-state index is 4.77. The third kappa shape index (κ3) is 6.96. The Hall–Kier alpha value is -0.410. The number of aliphatic imine (C=N–C) groups is 1. The van der Waals surface area contributed by atoms with Gasteiger partial charge >= 0.3 is 0 Å². The van der Waals surface area contributed by atoms with Crippen LogP contribution in [0.25, 0.3) is 0 Å². The van der Waals surface area contributed by atoms with Crippen LogP contribution < -0.4 is 10.6 Å². The van der Waals surface area contributed by atoms with Gasteiger partial charge in [0.15, 0.2) is 5.96 Å². The van der Waals surface area contributed by atoms with Crippen LogP contribution in [0.1, 0.15) is 58.2 Å². The van der Waals surface area contributed by atoms with Crippen LogP contribution in [0.5, 0.6) is 0 Å². The molecule has 7 heteroatoms. The Kier molecular flexibility index (Phi) is 10.4. The second-order valence-electron chi connectivity index (χ2n) is 7.62. The van der Waals surface area contributed by atoms with Crippen molar-refractivity contribution >= 4 is 41.3 Å². The molecule has 1 fully saturated rings. The highest BCUT2D eigenvalue weighted by molar-refractivity contribution is 14.0. The van der Waals surface area contributed by atoms with Crippen LogP contribution >= 0.6 is 35.3 Å². The van der Waals surface area contributed by atoms with Crippen molar-refractivity contribution in [3.63, 3.8) is 0 Å². The molecule has 1 saturated heterocycles. The minimum Gasteiger partial charge on any atom is -0.357 e. The molecule has 0 aromatic carbocycles. The summed E-state index contributed by atoms with van der Waals surface area (Å²) in [4.78, 5) is 12.0. The molecule has 1 aliphatic heterocycles. The van der Waals surface area contributed by atoms with Gasteiger partial charge in [0.1, 0.15) is 0 Å². The van der Waals surface area contributed by atoms with Crippen molar-refractivity contribution in [2.24, 2.45) is 10.9 Å². The van der Waals surface area contributed by atoms with Crippen LogP contribution in [0.4, 0.5) is 0 Å². The van der Waals surface area contributed by atoms with Crippen molar-refractivity contribution in [3.8, 4) is 0 Å². The van der Waals surface area contributed by atoms with Gasteiger partial charge in [-0.3, -0.25) is 9.89 Å². The van der Waals surface area contributed by atoms with E-state index in [1.165, 1.54) is 5.01 Å². The lowest BCUT2D eigenvalue weighted by atomic mass is 10.1. The molecule has 26 heavy (non-hydrogen) atoms. The number of nitrogens with zero attached hydrogens (tertiary/aromatic N) is 3. The van der Waals surface area contributed by atoms with E-state index >= 15 is 0 Å². The summed E-state index contributed by atoms with van der Waals surface area (Å²) in [7, 11) is 0. The number of guanidine groups is 1. The lowest BCUT2D eigenvalue weighted by molar-refractivity contribution is 0.265. The molecule has 0 radical (unpaired) electrons. The lowest BCUT2D eigenvalue weighted by Crippen LogP contribution is -2.47. The third-order valence-electron chi connectivity index (χ3n) is 4.74. The summed E-state index contributed by atoms with van der Waals surface area (Å²) in [5.41, 5.74) is 1.16. The van der Waals surface area contributed by atoms with Gasteiger partial charge in [-0.2, -0.15) is 0 Å². The molecule has 2 rings (SSSR count). The molecule has 2 unspecified atom stereocenters. The van der Waals surface area contributed by atoms with Crippen LogP contribution in [0.2, 0.25) is 0 Å². The minimum atomic E-state index is 0. The van der Waals surface area contributed by atoms with Crippen LogP contribution in [0, 0.1) is 5.92 Å². The van der Waals surface area contributed by atoms with Crippen molar-refractivity contribution in [1.29, 1.82) is 0 Å². The van der Waals surface area contributed by atoms with E-state index in [4.69, 9.17) is 9.98 Å². The van der Waals surface area contributed by atoms with Gasteiger partial charge in [-0.15, -0.1) is 35.3 Å². The van der Waals surface area contributed by atoms with Gasteiger partial charge in [0.2, 0.25) is 0 Å². The van der Waals surface area contributed by atoms with E-state index in [1.54, 1.807) is 11.3 Å². The number of thiazole rings is 1. The Labute approximate surface area is 180 Å². The monoisotopic (exact) mass is 493 g/mol. The first-order valence-electron chi connectivity index (χ1n) is 9.63. The molecule has 0 saturated carbocycles. The molecule has 0 amide bonds. The van der Waals surface area contributed by atoms with Crippen molar-refractivity contribution < 1.29 is 0 Å². The van der Waals surface area contributed by atoms with Crippen molar-refractivity contribution in [1.82, 2.24) is 20.5 Å². The van der Waals surface area contributed by atoms with Crippen LogP contribution in [-0.4, -0.2) is 54.1 Å². The molecular weight excluding hydrogens is 457 g/mol. The van der Waals surface area contributed by atoms with Crippen molar-refractivity contribution in [3.05, 3.63) is 16.1 Å². The number of rotatable bonds is 7. The molecule has 1 aromatic rings. The summed E-state index contributed by atoms with van der Waals surface area (Å²) >= 11 is 1.76. The van der Waals surface area contributed by atoms with Crippen LogP contribution in [0.15, 0.2) is 10.4 Å². The molecule has 150 valence electrons. The molecule has 5 nitrogen and oxygen atoms in total. The molecule has 0 aliphatic carbocycles. The van der Waals surface area contributed by atoms with Gasteiger partial charge in [-0.05, 0) is 26.7 Å². The number of hydrogen-bond donors (Lipinski definition) is 2. The zero-order chi connectivity index (χ0) is 18.4. The Morgan fingerprint density at radius 3 is 2.62 bits per heavy atom. The normalized spacial score (nSPS) is 21.3. The molecule has 1 aliphatic rings. The van der Waals surface area contributed by atoms with Crippen molar-refractivity contribution in [2.75, 3.05) is 26.2 Å². The van der Waals surface area contributed by atoms with Crippen LogP contribution in [-0.2, 0) is 6.42 Å². The summed E-state index contributed by atoms with van der Waals surface area (Å²) < 4.78 is 0. The zero-order valence-corrected chi connectivity index (χ0v) is 20.2. The molecule has 2 N–H and O–H groups in total. The van der Waals surface area contributed by atoms with Crippen LogP contribution in [0.3, 0.4) is 0 Å². The first-order valence-corrected chi connectivity index (χ1v) is 10.5. The molecule has 2 heterocycles. The smallest absolute Gasteiger partial charge is 0.191 e. The van der Waals surface area contributed by atoms with E-state index in [0.717, 1.165) is 44.3 Å². The SMILES string of the molecule is CCNC(=NCCc1csc(C(C)C)n1)NC1CN(C(C)C)CC1C.I. The fourth-order valence-corrected chi connectivity index (χ4v) is 3.96. The van der Waals surface area contributed by atoms with E-state index in [2.05, 4.69) is 62.5 Å². The predicted molar refractivity (Wildman–Crippen MR) is 124 cm³/mol. The highest BCUT2D eigenvalue weighted by atomic mass is 127. The summed E-state index contributed by atoms with van der Waals surface area (Å²) in [5.74, 6) is 2.08. The van der Waals surface area contributed by atoms with E-state index in [-0.39, 0.29) is 24.0 Å². The van der Waals surface area contributed by atoms with Gasteiger partial charge in [-0.25, -0.2) is 4.98 Å². The Balaban J connectivity index is 0.00000338. The molecular formula is C19H36IN5S. The van der Waals surface area contributed by atoms with E-state index < -0.39 is 0 Å². The van der Waals surface area contributed by atoms with E-state index in [1.807, 2.05) is 0 Å². The van der Waals surface area contributed by atoms with Gasteiger partial charge in [0.25, 0.3) is 0 Å². The second-order valence-corrected chi connectivity index (χ2v) is 8.51. The van der Waals surface area contributed by atoms with Gasteiger partial charge in [0.05, 0.1) is 10.7 Å². The Morgan fingerprint density at radius 1 is 1.35 bits per heavy atom. The molecule has 2 atom stereocenters. The zero-order valence-electron chi connectivity index (χ0n) is 17.1. The minimum absolute atomic E-state index is 0. The summed E-state index contributed by atoms with van der Waals surface area (Å²) in [5, 5.41) is 10.4. The maximum Gasteiger partial charge on any atom is 0.191 e. The quantitative estimate of drug-likeness (QED) is 0.346. The number of halogens is 1. The molecule has 1 aromatic heterocycles. The average molecular weight is 494 g/mol. The molecule has 0 spiro atoms. The summed E-state index contributed by atoms with van der Waals surface area (Å²) in [6, 6.07) is 1.07. The van der Waals surface area contributed by atoms with E-state index in [0.29, 0.717) is 23.9 Å². The van der Waals surface area contributed by atoms with Crippen molar-refractivity contribution in [2.45, 2.75) is 66.0 Å². The topological polar surface area (TPSA) is 52.6 Å². The number of hydrogen-bond acceptors (Lipinski definition) is 4. The highest BCUT2D eigenvalue weighted by Gasteiger charge is 2.31. The van der Waals surface area contributed by atoms with Gasteiger partial charge in [-0.1, -0.05) is 20.8 Å². The third-order valence-corrected chi connectivity index (χ3v) is 5.93. The van der Waals surface area contributed by atoms with E-state index in [9.17, 15) is 0 Å². The Morgan fingerprint density at radius 2 is 2.08 bits per heavy atom. The number of nitrogens with one attached hydrogen (secondary N) is 2. The fourth-order valence-electron chi connectivity index (χ4n) is 3.09. The summed E-state index contributed by atoms with van der Waals surface area (Å²) in [6.45, 7) is 17.3. The molecule has 0 bridgehead atoms. The maximum atomic E-state index is 4.77. The first-order chi connectivity index (χ1) is 11.9. The largest absolute Gasteiger partial charge is 0.357 e. The van der Waals surface area contributed by atoms with Gasteiger partial charge < -0.3 is 10.6 Å². The number of likely N-dealkylation sites (tertiary alicyclic amines) is 1. The average Bonchev–Trinajstić information content (AvgIpc) is 3.15.